The Morgan fingerprint density at radius 3 is 2.30 bits per heavy atom. The number of aliphatic hydroxyl groups is 1. The molecule has 1 aromatic rings. The first-order chi connectivity index (χ1) is 11.1. The van der Waals surface area contributed by atoms with Crippen molar-refractivity contribution in [2.75, 3.05) is 33.9 Å². The molecule has 0 aromatic heterocycles. The summed E-state index contributed by atoms with van der Waals surface area (Å²) in [5.74, 6) is 2.01. The molecule has 1 atom stereocenters. The second kappa shape index (κ2) is 10.7. The Morgan fingerprint density at radius 1 is 1.13 bits per heavy atom. The molecule has 0 spiro atoms. The van der Waals surface area contributed by atoms with E-state index in [2.05, 4.69) is 22.5 Å². The summed E-state index contributed by atoms with van der Waals surface area (Å²) in [6.07, 6.45) is 1.49. The molecule has 0 heterocycles. The number of aliphatic imine (C=N–C) groups is 1. The summed E-state index contributed by atoms with van der Waals surface area (Å²) in [6, 6.07) is 5.36. The van der Waals surface area contributed by atoms with Crippen LogP contribution in [0.2, 0.25) is 0 Å². The van der Waals surface area contributed by atoms with E-state index in [4.69, 9.17) is 9.47 Å². The summed E-state index contributed by atoms with van der Waals surface area (Å²) in [6.45, 7) is 6.07. The number of hydrogen-bond acceptors (Lipinski definition) is 4. The molecule has 23 heavy (non-hydrogen) atoms. The maximum Gasteiger partial charge on any atom is 0.191 e. The summed E-state index contributed by atoms with van der Waals surface area (Å²) in [4.78, 5) is 4.44. The third kappa shape index (κ3) is 6.78. The van der Waals surface area contributed by atoms with Crippen LogP contribution in [0.15, 0.2) is 23.2 Å². The molecule has 0 amide bonds. The van der Waals surface area contributed by atoms with Crippen LogP contribution in [0.4, 0.5) is 0 Å². The van der Waals surface area contributed by atoms with Crippen molar-refractivity contribution in [1.82, 2.24) is 10.6 Å². The number of nitrogens with zero attached hydrogens (tertiary/aromatic N) is 1. The lowest BCUT2D eigenvalue weighted by molar-refractivity contribution is 0.186. The Morgan fingerprint density at radius 2 is 1.78 bits per heavy atom. The van der Waals surface area contributed by atoms with E-state index in [0.717, 1.165) is 31.9 Å². The van der Waals surface area contributed by atoms with E-state index in [1.807, 2.05) is 6.92 Å². The highest BCUT2D eigenvalue weighted by Crippen LogP contribution is 2.26. The van der Waals surface area contributed by atoms with Gasteiger partial charge in [-0.2, -0.15) is 0 Å². The molecule has 1 unspecified atom stereocenters. The van der Waals surface area contributed by atoms with Gasteiger partial charge in [-0.05, 0) is 31.0 Å². The molecule has 0 saturated heterocycles. The van der Waals surface area contributed by atoms with Crippen molar-refractivity contribution < 1.29 is 14.6 Å². The predicted molar refractivity (Wildman–Crippen MR) is 93.4 cm³/mol. The van der Waals surface area contributed by atoms with Crippen molar-refractivity contribution in [2.24, 2.45) is 4.99 Å². The van der Waals surface area contributed by atoms with Gasteiger partial charge in [-0.1, -0.05) is 13.3 Å². The number of nitrogens with one attached hydrogen (secondary N) is 2. The highest BCUT2D eigenvalue weighted by molar-refractivity contribution is 5.79. The molecular formula is C17H29N3O3. The van der Waals surface area contributed by atoms with Crippen molar-refractivity contribution in [3.05, 3.63) is 23.8 Å². The number of guanidine groups is 1. The molecule has 1 aromatic carbocycles. The predicted octanol–water partition coefficient (Wildman–Crippen LogP) is 2.09. The van der Waals surface area contributed by atoms with Gasteiger partial charge in [0.25, 0.3) is 0 Å². The second-order valence-corrected chi connectivity index (χ2v) is 5.16. The van der Waals surface area contributed by atoms with Crippen LogP contribution >= 0.6 is 0 Å². The van der Waals surface area contributed by atoms with E-state index in [0.29, 0.717) is 17.1 Å². The maximum atomic E-state index is 10.4. The minimum Gasteiger partial charge on any atom is -0.497 e. The van der Waals surface area contributed by atoms with E-state index in [-0.39, 0.29) is 6.54 Å². The standard InChI is InChI=1S/C17H29N3O3/c1-5-7-8-19-17(18-6-2)20-12-16(21)13-9-14(22-3)11-15(10-13)23-4/h9-11,16,21H,5-8,12H2,1-4H3,(H2,18,19,20). The third-order valence-corrected chi connectivity index (χ3v) is 3.35. The Labute approximate surface area is 138 Å². The minimum absolute atomic E-state index is 0.262. The van der Waals surface area contributed by atoms with Crippen LogP contribution in [0, 0.1) is 0 Å². The molecule has 0 aliphatic rings. The molecule has 0 aliphatic carbocycles. The first-order valence-corrected chi connectivity index (χ1v) is 8.07. The smallest absolute Gasteiger partial charge is 0.191 e. The Bertz CT molecular complexity index is 470. The Balaban J connectivity index is 2.75. The number of aliphatic hydroxyl groups excluding tert-OH is 1. The molecule has 1 rings (SSSR count). The van der Waals surface area contributed by atoms with Gasteiger partial charge in [-0.25, -0.2) is 0 Å². The monoisotopic (exact) mass is 323 g/mol. The summed E-state index contributed by atoms with van der Waals surface area (Å²) in [7, 11) is 3.17. The molecule has 0 saturated carbocycles. The van der Waals surface area contributed by atoms with Crippen LogP contribution in [0.25, 0.3) is 0 Å². The number of ether oxygens (including phenoxy) is 2. The fraction of sp³-hybridized carbons (Fsp3) is 0.588. The zero-order chi connectivity index (χ0) is 17.1. The average Bonchev–Trinajstić information content (AvgIpc) is 2.58. The normalized spacial score (nSPS) is 12.7. The highest BCUT2D eigenvalue weighted by atomic mass is 16.5. The molecule has 130 valence electrons. The van der Waals surface area contributed by atoms with Gasteiger partial charge >= 0.3 is 0 Å². The van der Waals surface area contributed by atoms with Gasteiger partial charge < -0.3 is 25.2 Å². The van der Waals surface area contributed by atoms with Crippen LogP contribution in [0.3, 0.4) is 0 Å². The third-order valence-electron chi connectivity index (χ3n) is 3.35. The quantitative estimate of drug-likeness (QED) is 0.369. The molecule has 6 heteroatoms. The number of hydrogen-bond donors (Lipinski definition) is 3. The number of benzene rings is 1. The van der Waals surface area contributed by atoms with Gasteiger partial charge in [-0.3, -0.25) is 4.99 Å². The van der Waals surface area contributed by atoms with Crippen LogP contribution in [-0.2, 0) is 0 Å². The van der Waals surface area contributed by atoms with Crippen molar-refractivity contribution in [3.63, 3.8) is 0 Å². The van der Waals surface area contributed by atoms with Crippen LogP contribution < -0.4 is 20.1 Å². The zero-order valence-corrected chi connectivity index (χ0v) is 14.6. The fourth-order valence-corrected chi connectivity index (χ4v) is 2.03. The van der Waals surface area contributed by atoms with Gasteiger partial charge in [-0.15, -0.1) is 0 Å². The second-order valence-electron chi connectivity index (χ2n) is 5.16. The lowest BCUT2D eigenvalue weighted by atomic mass is 10.1. The van der Waals surface area contributed by atoms with Crippen molar-refractivity contribution in [3.8, 4) is 11.5 Å². The van der Waals surface area contributed by atoms with Gasteiger partial charge in [0.05, 0.1) is 26.9 Å². The maximum absolute atomic E-state index is 10.4. The van der Waals surface area contributed by atoms with Gasteiger partial charge in [0.1, 0.15) is 11.5 Å². The van der Waals surface area contributed by atoms with Crippen LogP contribution in [0.5, 0.6) is 11.5 Å². The van der Waals surface area contributed by atoms with E-state index < -0.39 is 6.10 Å². The van der Waals surface area contributed by atoms with Gasteiger partial charge in [0.2, 0.25) is 0 Å². The van der Waals surface area contributed by atoms with E-state index >= 15 is 0 Å². The van der Waals surface area contributed by atoms with Gasteiger partial charge in [0, 0.05) is 19.2 Å². The topological polar surface area (TPSA) is 75.1 Å². The van der Waals surface area contributed by atoms with E-state index in [9.17, 15) is 5.11 Å². The molecule has 0 fully saturated rings. The van der Waals surface area contributed by atoms with Crippen molar-refractivity contribution >= 4 is 5.96 Å². The molecule has 0 bridgehead atoms. The first-order valence-electron chi connectivity index (χ1n) is 8.07. The Kier molecular flexibility index (Phi) is 8.90. The number of methoxy groups -OCH3 is 2. The lowest BCUT2D eigenvalue weighted by Gasteiger charge is -2.14. The Hall–Kier alpha value is -1.95. The lowest BCUT2D eigenvalue weighted by Crippen LogP contribution is -2.38. The largest absolute Gasteiger partial charge is 0.497 e. The zero-order valence-electron chi connectivity index (χ0n) is 14.6. The summed E-state index contributed by atoms with van der Waals surface area (Å²) in [5, 5.41) is 16.8. The molecule has 0 aliphatic heterocycles. The van der Waals surface area contributed by atoms with E-state index in [1.54, 1.807) is 32.4 Å². The first kappa shape index (κ1) is 19.1. The summed E-state index contributed by atoms with van der Waals surface area (Å²) in [5.41, 5.74) is 0.717. The average molecular weight is 323 g/mol. The molecule has 0 radical (unpaired) electrons. The van der Waals surface area contributed by atoms with Crippen LogP contribution in [-0.4, -0.2) is 44.9 Å². The van der Waals surface area contributed by atoms with Gasteiger partial charge in [0.15, 0.2) is 5.96 Å². The number of rotatable bonds is 9. The van der Waals surface area contributed by atoms with Crippen molar-refractivity contribution in [1.29, 1.82) is 0 Å². The van der Waals surface area contributed by atoms with E-state index in [1.165, 1.54) is 0 Å². The van der Waals surface area contributed by atoms with Crippen LogP contribution in [0.1, 0.15) is 38.4 Å². The summed E-state index contributed by atoms with van der Waals surface area (Å²) < 4.78 is 10.5. The molecular weight excluding hydrogens is 294 g/mol. The number of unbranched alkanes of at least 4 members (excludes halogenated alkanes) is 1. The fourth-order valence-electron chi connectivity index (χ4n) is 2.03. The highest BCUT2D eigenvalue weighted by Gasteiger charge is 2.11. The molecule has 3 N–H and O–H groups in total. The minimum atomic E-state index is -0.722. The van der Waals surface area contributed by atoms with Crippen molar-refractivity contribution in [2.45, 2.75) is 32.8 Å². The summed E-state index contributed by atoms with van der Waals surface area (Å²) >= 11 is 0. The SMILES string of the molecule is CCCCNC(=NCC(O)c1cc(OC)cc(OC)c1)NCC. The molecule has 6 nitrogen and oxygen atoms in total.